The van der Waals surface area contributed by atoms with E-state index in [-0.39, 0.29) is 24.3 Å². The number of benzene rings is 2. The standard InChI is InChI=1S/C21H20BrN3O2S/c1-14(24-20(27)16-5-3-2-4-6-16)11-19(26)25-21-23-13-18(28-21)12-15-7-9-17(22)10-8-15/h2-10,13-14H,11-12H2,1H3,(H,24,27)(H,23,25,26). The van der Waals surface area contributed by atoms with Crippen LogP contribution in [-0.4, -0.2) is 22.8 Å². The fraction of sp³-hybridized carbons (Fsp3) is 0.190. The van der Waals surface area contributed by atoms with Gasteiger partial charge in [-0.2, -0.15) is 0 Å². The predicted octanol–water partition coefficient (Wildman–Crippen LogP) is 4.64. The molecule has 7 heteroatoms. The topological polar surface area (TPSA) is 71.1 Å². The molecule has 0 radical (unpaired) electrons. The molecule has 0 aliphatic heterocycles. The number of hydrogen-bond acceptors (Lipinski definition) is 4. The Hall–Kier alpha value is -2.51. The van der Waals surface area contributed by atoms with Crippen molar-refractivity contribution in [2.24, 2.45) is 0 Å². The molecule has 0 aliphatic rings. The Balaban J connectivity index is 1.48. The Morgan fingerprint density at radius 3 is 2.54 bits per heavy atom. The van der Waals surface area contributed by atoms with Crippen molar-refractivity contribution >= 4 is 44.2 Å². The molecular weight excluding hydrogens is 438 g/mol. The van der Waals surface area contributed by atoms with Crippen LogP contribution in [-0.2, 0) is 11.2 Å². The van der Waals surface area contributed by atoms with Crippen molar-refractivity contribution in [3.8, 4) is 0 Å². The number of anilines is 1. The Bertz CT molecular complexity index is 942. The molecular formula is C21H20BrN3O2S. The molecule has 2 N–H and O–H groups in total. The summed E-state index contributed by atoms with van der Waals surface area (Å²) >= 11 is 4.88. The van der Waals surface area contributed by atoms with Crippen molar-refractivity contribution in [3.05, 3.63) is 81.3 Å². The van der Waals surface area contributed by atoms with Crippen molar-refractivity contribution in [2.75, 3.05) is 5.32 Å². The van der Waals surface area contributed by atoms with Gasteiger partial charge in [0.2, 0.25) is 5.91 Å². The van der Waals surface area contributed by atoms with Crippen molar-refractivity contribution < 1.29 is 9.59 Å². The summed E-state index contributed by atoms with van der Waals surface area (Å²) in [5.41, 5.74) is 1.76. The first-order valence-corrected chi connectivity index (χ1v) is 10.5. The zero-order valence-corrected chi connectivity index (χ0v) is 17.7. The van der Waals surface area contributed by atoms with E-state index in [4.69, 9.17) is 0 Å². The van der Waals surface area contributed by atoms with Crippen LogP contribution in [0.3, 0.4) is 0 Å². The Morgan fingerprint density at radius 2 is 1.82 bits per heavy atom. The summed E-state index contributed by atoms with van der Waals surface area (Å²) in [4.78, 5) is 29.7. The average Bonchev–Trinajstić information content (AvgIpc) is 3.10. The van der Waals surface area contributed by atoms with Crippen LogP contribution >= 0.6 is 27.3 Å². The molecule has 0 fully saturated rings. The monoisotopic (exact) mass is 457 g/mol. The quantitative estimate of drug-likeness (QED) is 0.542. The molecule has 0 saturated heterocycles. The number of aromatic nitrogens is 1. The maximum Gasteiger partial charge on any atom is 0.251 e. The first-order chi connectivity index (χ1) is 13.5. The van der Waals surface area contributed by atoms with Crippen LogP contribution in [0.4, 0.5) is 5.13 Å². The SMILES string of the molecule is CC(CC(=O)Nc1ncc(Cc2ccc(Br)cc2)s1)NC(=O)c1ccccc1. The second kappa shape index (κ2) is 9.61. The van der Waals surface area contributed by atoms with E-state index in [0.717, 1.165) is 15.8 Å². The Morgan fingerprint density at radius 1 is 1.11 bits per heavy atom. The van der Waals surface area contributed by atoms with Gasteiger partial charge in [0.15, 0.2) is 5.13 Å². The van der Waals surface area contributed by atoms with E-state index in [9.17, 15) is 9.59 Å². The minimum atomic E-state index is -0.282. The Labute approximate surface area is 176 Å². The summed E-state index contributed by atoms with van der Waals surface area (Å²) in [6.07, 6.45) is 2.73. The third-order valence-corrected chi connectivity index (χ3v) is 5.44. The summed E-state index contributed by atoms with van der Waals surface area (Å²) in [5.74, 6) is -0.364. The van der Waals surface area contributed by atoms with Gasteiger partial charge in [-0.25, -0.2) is 4.98 Å². The van der Waals surface area contributed by atoms with Crippen LogP contribution < -0.4 is 10.6 Å². The van der Waals surface area contributed by atoms with Crippen molar-refractivity contribution in [1.82, 2.24) is 10.3 Å². The number of nitrogens with zero attached hydrogens (tertiary/aromatic N) is 1. The maximum atomic E-state index is 12.2. The molecule has 1 heterocycles. The molecule has 3 aromatic rings. The molecule has 2 aromatic carbocycles. The highest BCUT2D eigenvalue weighted by Gasteiger charge is 2.14. The van der Waals surface area contributed by atoms with Gasteiger partial charge in [-0.1, -0.05) is 46.3 Å². The highest BCUT2D eigenvalue weighted by atomic mass is 79.9. The number of carbonyl (C=O) groups excluding carboxylic acids is 2. The van der Waals surface area contributed by atoms with E-state index in [2.05, 4.69) is 43.7 Å². The number of amides is 2. The minimum Gasteiger partial charge on any atom is -0.349 e. The second-order valence-electron chi connectivity index (χ2n) is 6.43. The molecule has 3 rings (SSSR count). The lowest BCUT2D eigenvalue weighted by molar-refractivity contribution is -0.116. The van der Waals surface area contributed by atoms with Gasteiger partial charge in [0.25, 0.3) is 5.91 Å². The highest BCUT2D eigenvalue weighted by molar-refractivity contribution is 9.10. The summed E-state index contributed by atoms with van der Waals surface area (Å²) in [6.45, 7) is 1.81. The number of carbonyl (C=O) groups is 2. The smallest absolute Gasteiger partial charge is 0.251 e. The fourth-order valence-electron chi connectivity index (χ4n) is 2.65. The van der Waals surface area contributed by atoms with Crippen LogP contribution in [0.2, 0.25) is 0 Å². The van der Waals surface area contributed by atoms with Gasteiger partial charge in [-0.3, -0.25) is 9.59 Å². The van der Waals surface area contributed by atoms with E-state index in [1.165, 1.54) is 16.9 Å². The third-order valence-electron chi connectivity index (χ3n) is 4.00. The summed E-state index contributed by atoms with van der Waals surface area (Å²) in [6, 6.07) is 16.8. The first-order valence-electron chi connectivity index (χ1n) is 8.84. The molecule has 0 saturated carbocycles. The van der Waals surface area contributed by atoms with Gasteiger partial charge < -0.3 is 10.6 Å². The lowest BCUT2D eigenvalue weighted by atomic mass is 10.1. The van der Waals surface area contributed by atoms with Crippen molar-refractivity contribution in [1.29, 1.82) is 0 Å². The average molecular weight is 458 g/mol. The minimum absolute atomic E-state index is 0.176. The van der Waals surface area contributed by atoms with Crippen LogP contribution in [0.1, 0.15) is 34.1 Å². The fourth-order valence-corrected chi connectivity index (χ4v) is 3.77. The van der Waals surface area contributed by atoms with E-state index in [0.29, 0.717) is 10.7 Å². The normalized spacial score (nSPS) is 11.6. The van der Waals surface area contributed by atoms with Crippen molar-refractivity contribution in [2.45, 2.75) is 25.8 Å². The zero-order chi connectivity index (χ0) is 19.9. The van der Waals surface area contributed by atoms with E-state index < -0.39 is 0 Å². The molecule has 2 amide bonds. The van der Waals surface area contributed by atoms with E-state index in [1.807, 2.05) is 18.2 Å². The van der Waals surface area contributed by atoms with Gasteiger partial charge >= 0.3 is 0 Å². The van der Waals surface area contributed by atoms with E-state index >= 15 is 0 Å². The first kappa shape index (κ1) is 20.2. The maximum absolute atomic E-state index is 12.2. The second-order valence-corrected chi connectivity index (χ2v) is 8.46. The van der Waals surface area contributed by atoms with Gasteiger partial charge in [0.1, 0.15) is 0 Å². The van der Waals surface area contributed by atoms with Gasteiger partial charge in [-0.15, -0.1) is 11.3 Å². The lowest BCUT2D eigenvalue weighted by Gasteiger charge is -2.13. The highest BCUT2D eigenvalue weighted by Crippen LogP contribution is 2.22. The van der Waals surface area contributed by atoms with Crippen LogP contribution in [0, 0.1) is 0 Å². The lowest BCUT2D eigenvalue weighted by Crippen LogP contribution is -2.35. The van der Waals surface area contributed by atoms with Crippen LogP contribution in [0.15, 0.2) is 65.3 Å². The van der Waals surface area contributed by atoms with Gasteiger partial charge in [0.05, 0.1) is 0 Å². The largest absolute Gasteiger partial charge is 0.349 e. The molecule has 0 spiro atoms. The molecule has 1 atom stereocenters. The molecule has 0 aliphatic carbocycles. The number of hydrogen-bond donors (Lipinski definition) is 2. The van der Waals surface area contributed by atoms with Gasteiger partial charge in [0, 0.05) is 40.0 Å². The number of halogens is 1. The van der Waals surface area contributed by atoms with E-state index in [1.54, 1.807) is 37.4 Å². The number of thiazole rings is 1. The summed E-state index contributed by atoms with van der Waals surface area (Å²) in [7, 11) is 0. The molecule has 1 aromatic heterocycles. The summed E-state index contributed by atoms with van der Waals surface area (Å²) in [5, 5.41) is 6.21. The van der Waals surface area contributed by atoms with Gasteiger partial charge in [-0.05, 0) is 36.8 Å². The molecule has 5 nitrogen and oxygen atoms in total. The number of rotatable bonds is 7. The van der Waals surface area contributed by atoms with Crippen molar-refractivity contribution in [3.63, 3.8) is 0 Å². The van der Waals surface area contributed by atoms with Crippen LogP contribution in [0.5, 0.6) is 0 Å². The number of nitrogens with one attached hydrogen (secondary N) is 2. The summed E-state index contributed by atoms with van der Waals surface area (Å²) < 4.78 is 1.04. The van der Waals surface area contributed by atoms with Crippen LogP contribution in [0.25, 0.3) is 0 Å². The Kier molecular flexibility index (Phi) is 6.95. The molecule has 144 valence electrons. The molecule has 0 bridgehead atoms. The zero-order valence-electron chi connectivity index (χ0n) is 15.3. The third kappa shape index (κ3) is 6.00. The predicted molar refractivity (Wildman–Crippen MR) is 116 cm³/mol. The molecule has 1 unspecified atom stereocenters. The molecule has 28 heavy (non-hydrogen) atoms.